The van der Waals surface area contributed by atoms with Crippen LogP contribution < -0.4 is 11.1 Å². The average Bonchev–Trinajstić information content (AvgIpc) is 3.10. The average molecular weight is 490 g/mol. The number of hydrogen-bond acceptors (Lipinski definition) is 4. The van der Waals surface area contributed by atoms with E-state index in [-0.39, 0.29) is 42.5 Å². The molecule has 0 spiro atoms. The molecule has 2 aliphatic heterocycles. The summed E-state index contributed by atoms with van der Waals surface area (Å²) in [4.78, 5) is 27.7. The van der Waals surface area contributed by atoms with Crippen LogP contribution in [0, 0.1) is 23.4 Å². The van der Waals surface area contributed by atoms with Crippen molar-refractivity contribution in [1.82, 2.24) is 10.2 Å². The van der Waals surface area contributed by atoms with Gasteiger partial charge < -0.3 is 20.7 Å². The number of fused-ring (bicyclic) bond motifs is 2. The molecule has 0 radical (unpaired) electrons. The summed E-state index contributed by atoms with van der Waals surface area (Å²) in [5.41, 5.74) is 7.11. The molecule has 1 unspecified atom stereocenters. The SMILES string of the molecule is CCOC(=O)N[C@@H](C(=O)N1[C@@H]2CC[C@H]1CC([C@H](N)Cc1cc(F)c(F)cc1F)C2)c1ccccc1. The van der Waals surface area contributed by atoms with E-state index >= 15 is 0 Å². The van der Waals surface area contributed by atoms with Gasteiger partial charge in [-0.2, -0.15) is 0 Å². The van der Waals surface area contributed by atoms with Gasteiger partial charge in [-0.25, -0.2) is 18.0 Å². The molecule has 188 valence electrons. The molecule has 4 rings (SSSR count). The maximum absolute atomic E-state index is 14.1. The van der Waals surface area contributed by atoms with Gasteiger partial charge in [0.15, 0.2) is 11.6 Å². The number of halogens is 3. The highest BCUT2D eigenvalue weighted by molar-refractivity contribution is 5.87. The number of rotatable bonds is 7. The highest BCUT2D eigenvalue weighted by atomic mass is 19.2. The summed E-state index contributed by atoms with van der Waals surface area (Å²) in [6.07, 6.45) is 2.27. The molecular weight excluding hydrogens is 459 g/mol. The molecule has 2 amide bonds. The molecule has 0 aromatic heterocycles. The second kappa shape index (κ2) is 10.7. The van der Waals surface area contributed by atoms with Crippen LogP contribution in [0.25, 0.3) is 0 Å². The quantitative estimate of drug-likeness (QED) is 0.570. The van der Waals surface area contributed by atoms with Crippen LogP contribution in [-0.2, 0) is 16.0 Å². The van der Waals surface area contributed by atoms with E-state index in [0.29, 0.717) is 24.5 Å². The van der Waals surface area contributed by atoms with Gasteiger partial charge >= 0.3 is 6.09 Å². The molecule has 2 fully saturated rings. The molecule has 2 aliphatic rings. The molecule has 6 nitrogen and oxygen atoms in total. The number of carbonyl (C=O) groups excluding carboxylic acids is 2. The fourth-order valence-electron chi connectivity index (χ4n) is 5.44. The van der Waals surface area contributed by atoms with Gasteiger partial charge in [-0.05, 0) is 62.1 Å². The van der Waals surface area contributed by atoms with E-state index in [1.165, 1.54) is 0 Å². The van der Waals surface area contributed by atoms with Crippen molar-refractivity contribution in [3.05, 3.63) is 71.0 Å². The number of benzene rings is 2. The van der Waals surface area contributed by atoms with Crippen LogP contribution in [-0.4, -0.2) is 41.6 Å². The molecule has 35 heavy (non-hydrogen) atoms. The van der Waals surface area contributed by atoms with Gasteiger partial charge in [-0.1, -0.05) is 30.3 Å². The summed E-state index contributed by atoms with van der Waals surface area (Å²) >= 11 is 0. The first-order valence-electron chi connectivity index (χ1n) is 12.0. The summed E-state index contributed by atoms with van der Waals surface area (Å²) in [6.45, 7) is 1.88. The number of alkyl carbamates (subject to hydrolysis) is 1. The molecule has 2 saturated heterocycles. The molecule has 2 aromatic rings. The van der Waals surface area contributed by atoms with Crippen molar-refractivity contribution in [2.75, 3.05) is 6.61 Å². The number of hydrogen-bond donors (Lipinski definition) is 2. The number of carbonyl (C=O) groups is 2. The number of nitrogens with one attached hydrogen (secondary N) is 1. The van der Waals surface area contributed by atoms with Gasteiger partial charge in [0.05, 0.1) is 6.61 Å². The maximum atomic E-state index is 14.1. The van der Waals surface area contributed by atoms with E-state index in [2.05, 4.69) is 5.32 Å². The van der Waals surface area contributed by atoms with Crippen molar-refractivity contribution in [1.29, 1.82) is 0 Å². The molecule has 5 atom stereocenters. The summed E-state index contributed by atoms with van der Waals surface area (Å²) < 4.78 is 46.0. The second-order valence-electron chi connectivity index (χ2n) is 9.30. The molecule has 9 heteroatoms. The molecule has 0 aliphatic carbocycles. The molecule has 2 aromatic carbocycles. The monoisotopic (exact) mass is 489 g/mol. The van der Waals surface area contributed by atoms with Gasteiger partial charge in [0.25, 0.3) is 0 Å². The fraction of sp³-hybridized carbons (Fsp3) is 0.462. The lowest BCUT2D eigenvalue weighted by atomic mass is 9.82. The van der Waals surface area contributed by atoms with Crippen LogP contribution in [0.4, 0.5) is 18.0 Å². The number of piperidine rings is 1. The van der Waals surface area contributed by atoms with Gasteiger partial charge in [0.1, 0.15) is 11.9 Å². The van der Waals surface area contributed by atoms with Crippen LogP contribution in [0.15, 0.2) is 42.5 Å². The van der Waals surface area contributed by atoms with Crippen molar-refractivity contribution in [3.8, 4) is 0 Å². The van der Waals surface area contributed by atoms with Crippen molar-refractivity contribution in [3.63, 3.8) is 0 Å². The van der Waals surface area contributed by atoms with E-state index in [0.717, 1.165) is 18.9 Å². The van der Waals surface area contributed by atoms with E-state index in [4.69, 9.17) is 10.5 Å². The van der Waals surface area contributed by atoms with Crippen LogP contribution in [0.5, 0.6) is 0 Å². The Balaban J connectivity index is 1.48. The first-order valence-corrected chi connectivity index (χ1v) is 12.0. The third-order valence-corrected chi connectivity index (χ3v) is 7.09. The van der Waals surface area contributed by atoms with Crippen LogP contribution >= 0.6 is 0 Å². The smallest absolute Gasteiger partial charge is 0.408 e. The van der Waals surface area contributed by atoms with E-state index in [1.54, 1.807) is 31.2 Å². The zero-order valence-corrected chi connectivity index (χ0v) is 19.6. The summed E-state index contributed by atoms with van der Waals surface area (Å²) in [5.74, 6) is -3.34. The number of nitrogens with two attached hydrogens (primary N) is 1. The zero-order chi connectivity index (χ0) is 25.1. The lowest BCUT2D eigenvalue weighted by Gasteiger charge is -2.42. The van der Waals surface area contributed by atoms with Crippen molar-refractivity contribution < 1.29 is 27.5 Å². The Labute approximate surface area is 202 Å². The standard InChI is InChI=1S/C26H30F3N3O3/c1-2-35-26(34)31-24(15-6-4-3-5-7-15)25(33)32-18-8-9-19(32)11-17(10-18)23(30)13-16-12-21(28)22(29)14-20(16)27/h3-7,12,14,17-19,23-24H,2,8-11,13,30H2,1H3,(H,31,34)/t17?,18-,19+,23-,24-/m1/s1. The predicted octanol–water partition coefficient (Wildman–Crippen LogP) is 4.23. The highest BCUT2D eigenvalue weighted by Crippen LogP contribution is 2.41. The van der Waals surface area contributed by atoms with Crippen molar-refractivity contribution >= 4 is 12.0 Å². The van der Waals surface area contributed by atoms with E-state index < -0.39 is 35.6 Å². The number of nitrogens with zero attached hydrogens (tertiary/aromatic N) is 1. The van der Waals surface area contributed by atoms with Crippen LogP contribution in [0.1, 0.15) is 49.8 Å². The van der Waals surface area contributed by atoms with Gasteiger partial charge in [-0.3, -0.25) is 4.79 Å². The third kappa shape index (κ3) is 5.45. The predicted molar refractivity (Wildman–Crippen MR) is 124 cm³/mol. The highest BCUT2D eigenvalue weighted by Gasteiger charge is 2.46. The van der Waals surface area contributed by atoms with Crippen LogP contribution in [0.2, 0.25) is 0 Å². The van der Waals surface area contributed by atoms with Gasteiger partial charge in [-0.15, -0.1) is 0 Å². The minimum atomic E-state index is -1.23. The van der Waals surface area contributed by atoms with Crippen molar-refractivity contribution in [2.45, 2.75) is 63.2 Å². The van der Waals surface area contributed by atoms with Crippen LogP contribution in [0.3, 0.4) is 0 Å². The minimum Gasteiger partial charge on any atom is -0.450 e. The molecule has 0 saturated carbocycles. The fourth-order valence-corrected chi connectivity index (χ4v) is 5.44. The van der Waals surface area contributed by atoms with E-state index in [1.807, 2.05) is 11.0 Å². The Morgan fingerprint density at radius 1 is 1.06 bits per heavy atom. The lowest BCUT2D eigenvalue weighted by molar-refractivity contribution is -0.139. The summed E-state index contributed by atoms with van der Waals surface area (Å²) in [5, 5.41) is 2.70. The normalized spacial score (nSPS) is 23.0. The minimum absolute atomic E-state index is 0.00254. The first-order chi connectivity index (χ1) is 16.8. The third-order valence-electron chi connectivity index (χ3n) is 7.09. The first kappa shape index (κ1) is 25.0. The zero-order valence-electron chi connectivity index (χ0n) is 19.6. The topological polar surface area (TPSA) is 84.7 Å². The largest absolute Gasteiger partial charge is 0.450 e. The second-order valence-corrected chi connectivity index (χ2v) is 9.30. The Bertz CT molecular complexity index is 1050. The van der Waals surface area contributed by atoms with Crippen molar-refractivity contribution in [2.24, 2.45) is 11.7 Å². The molecule has 3 N–H and O–H groups in total. The molecule has 2 bridgehead atoms. The summed E-state index contributed by atoms with van der Waals surface area (Å²) in [7, 11) is 0. The Morgan fingerprint density at radius 3 is 2.31 bits per heavy atom. The maximum Gasteiger partial charge on any atom is 0.408 e. The Hall–Kier alpha value is -3.07. The number of ether oxygens (including phenoxy) is 1. The lowest BCUT2D eigenvalue weighted by Crippen LogP contribution is -2.53. The Kier molecular flexibility index (Phi) is 7.64. The van der Waals surface area contributed by atoms with Gasteiger partial charge in [0, 0.05) is 24.2 Å². The molecular formula is C26H30F3N3O3. The number of amides is 2. The van der Waals surface area contributed by atoms with Gasteiger partial charge in [0.2, 0.25) is 5.91 Å². The Morgan fingerprint density at radius 2 is 1.69 bits per heavy atom. The summed E-state index contributed by atoms with van der Waals surface area (Å²) in [6, 6.07) is 8.96. The van der Waals surface area contributed by atoms with E-state index in [9.17, 15) is 22.8 Å². The molecule has 2 heterocycles.